The van der Waals surface area contributed by atoms with E-state index in [0.717, 1.165) is 5.56 Å². The highest BCUT2D eigenvalue weighted by Gasteiger charge is 2.25. The number of aromatic nitrogens is 1. The van der Waals surface area contributed by atoms with Gasteiger partial charge in [-0.25, -0.2) is 13.4 Å². The molecule has 150 valence electrons. The van der Waals surface area contributed by atoms with E-state index in [9.17, 15) is 13.2 Å². The zero-order chi connectivity index (χ0) is 20.6. The molecule has 1 aliphatic rings. The van der Waals surface area contributed by atoms with Crippen LogP contribution in [0.15, 0.2) is 52.7 Å². The van der Waals surface area contributed by atoms with Gasteiger partial charge in [0, 0.05) is 22.5 Å². The second-order valence-electron chi connectivity index (χ2n) is 6.21. The Morgan fingerprint density at radius 3 is 2.72 bits per heavy atom. The highest BCUT2D eigenvalue weighted by atomic mass is 35.5. The van der Waals surface area contributed by atoms with Crippen molar-refractivity contribution < 1.29 is 17.9 Å². The molecule has 4 rings (SSSR count). The van der Waals surface area contributed by atoms with Crippen LogP contribution in [0.1, 0.15) is 6.92 Å². The number of anilines is 2. The Morgan fingerprint density at radius 2 is 2.00 bits per heavy atom. The van der Waals surface area contributed by atoms with Gasteiger partial charge in [-0.1, -0.05) is 11.6 Å². The van der Waals surface area contributed by atoms with E-state index in [0.29, 0.717) is 28.7 Å². The molecule has 1 aliphatic heterocycles. The van der Waals surface area contributed by atoms with Crippen LogP contribution in [0, 0.1) is 0 Å². The molecular formula is C19H16ClN3O4S2. The number of carbonyl (C=O) groups is 1. The van der Waals surface area contributed by atoms with E-state index in [4.69, 9.17) is 16.3 Å². The molecule has 0 radical (unpaired) electrons. The van der Waals surface area contributed by atoms with Crippen molar-refractivity contribution in [2.24, 2.45) is 0 Å². The van der Waals surface area contributed by atoms with Gasteiger partial charge in [-0.2, -0.15) is 0 Å². The minimum Gasteiger partial charge on any atom is -0.482 e. The summed E-state index contributed by atoms with van der Waals surface area (Å²) in [6.45, 7) is 2.45. The largest absolute Gasteiger partial charge is 0.482 e. The first-order chi connectivity index (χ1) is 13.9. The number of likely N-dealkylation sites (N-methyl/N-ethyl adjacent to an activating group) is 1. The average Bonchev–Trinajstić information content (AvgIpc) is 3.15. The Hall–Kier alpha value is -2.62. The monoisotopic (exact) mass is 449 g/mol. The lowest BCUT2D eigenvalue weighted by Crippen LogP contribution is -2.38. The Kier molecular flexibility index (Phi) is 5.20. The number of carbonyl (C=O) groups excluding carboxylic acids is 1. The van der Waals surface area contributed by atoms with Gasteiger partial charge in [-0.3, -0.25) is 9.52 Å². The quantitative estimate of drug-likeness (QED) is 0.635. The fourth-order valence-corrected chi connectivity index (χ4v) is 5.05. The maximum atomic E-state index is 12.5. The summed E-state index contributed by atoms with van der Waals surface area (Å²) in [5.41, 5.74) is 2.03. The molecule has 1 amide bonds. The summed E-state index contributed by atoms with van der Waals surface area (Å²) in [4.78, 5) is 18.2. The molecule has 7 nitrogen and oxygen atoms in total. The third-order valence-electron chi connectivity index (χ3n) is 4.36. The first kappa shape index (κ1) is 19.7. The molecule has 3 aromatic rings. The minimum atomic E-state index is -3.77. The van der Waals surface area contributed by atoms with Gasteiger partial charge in [0.1, 0.15) is 5.75 Å². The summed E-state index contributed by atoms with van der Waals surface area (Å²) in [6, 6.07) is 11.3. The molecule has 2 heterocycles. The molecule has 0 spiro atoms. The molecule has 0 unspecified atom stereocenters. The van der Waals surface area contributed by atoms with E-state index in [1.165, 1.54) is 35.6 Å². The van der Waals surface area contributed by atoms with Crippen LogP contribution in [-0.4, -0.2) is 32.5 Å². The predicted octanol–water partition coefficient (Wildman–Crippen LogP) is 4.01. The third-order valence-corrected chi connectivity index (χ3v) is 6.86. The molecule has 0 saturated heterocycles. The summed E-state index contributed by atoms with van der Waals surface area (Å²) < 4.78 is 33.0. The highest BCUT2D eigenvalue weighted by molar-refractivity contribution is 7.93. The van der Waals surface area contributed by atoms with Crippen LogP contribution in [0.2, 0.25) is 5.02 Å². The van der Waals surface area contributed by atoms with Crippen LogP contribution in [0.4, 0.5) is 10.8 Å². The summed E-state index contributed by atoms with van der Waals surface area (Å²) in [6.07, 6.45) is 0. The van der Waals surface area contributed by atoms with Crippen molar-refractivity contribution in [1.82, 2.24) is 4.98 Å². The Morgan fingerprint density at radius 1 is 1.24 bits per heavy atom. The van der Waals surface area contributed by atoms with Crippen molar-refractivity contribution in [2.75, 3.05) is 22.8 Å². The maximum Gasteiger partial charge on any atom is 0.265 e. The third kappa shape index (κ3) is 3.93. The highest BCUT2D eigenvalue weighted by Crippen LogP contribution is 2.36. The van der Waals surface area contributed by atoms with E-state index in [-0.39, 0.29) is 22.5 Å². The lowest BCUT2D eigenvalue weighted by molar-refractivity contribution is -0.121. The van der Waals surface area contributed by atoms with Crippen LogP contribution in [0.5, 0.6) is 5.75 Å². The lowest BCUT2D eigenvalue weighted by atomic mass is 10.1. The molecule has 0 fully saturated rings. The van der Waals surface area contributed by atoms with Crippen molar-refractivity contribution in [3.63, 3.8) is 0 Å². The van der Waals surface area contributed by atoms with E-state index in [1.807, 2.05) is 19.1 Å². The Labute approximate surface area is 177 Å². The van der Waals surface area contributed by atoms with Gasteiger partial charge in [0.15, 0.2) is 11.7 Å². The Bertz CT molecular complexity index is 1180. The first-order valence-electron chi connectivity index (χ1n) is 8.69. The van der Waals surface area contributed by atoms with Crippen molar-refractivity contribution in [2.45, 2.75) is 11.8 Å². The van der Waals surface area contributed by atoms with E-state index >= 15 is 0 Å². The van der Waals surface area contributed by atoms with E-state index in [2.05, 4.69) is 9.71 Å². The predicted molar refractivity (Wildman–Crippen MR) is 113 cm³/mol. The molecule has 10 heteroatoms. The van der Waals surface area contributed by atoms with Gasteiger partial charge in [0.25, 0.3) is 15.9 Å². The van der Waals surface area contributed by atoms with Gasteiger partial charge >= 0.3 is 0 Å². The summed E-state index contributed by atoms with van der Waals surface area (Å²) >= 11 is 6.99. The standard InChI is InChI=1S/C19H16ClN3O4S2/c1-2-23-16-9-12(3-8-17(16)27-10-18(23)24)15-11-28-19(21-15)22-29(25,26)14-6-4-13(20)5-7-14/h3-9,11H,2,10H2,1H3,(H,21,22). The fourth-order valence-electron chi connectivity index (χ4n) is 2.95. The number of rotatable bonds is 5. The van der Waals surface area contributed by atoms with E-state index in [1.54, 1.807) is 16.3 Å². The molecule has 0 atom stereocenters. The van der Waals surface area contributed by atoms with Gasteiger partial charge < -0.3 is 9.64 Å². The van der Waals surface area contributed by atoms with Crippen molar-refractivity contribution >= 4 is 49.7 Å². The molecule has 2 aromatic carbocycles. The molecule has 0 bridgehead atoms. The summed E-state index contributed by atoms with van der Waals surface area (Å²) in [5, 5.41) is 2.45. The maximum absolute atomic E-state index is 12.5. The molecule has 0 saturated carbocycles. The lowest BCUT2D eigenvalue weighted by Gasteiger charge is -2.28. The van der Waals surface area contributed by atoms with Gasteiger partial charge in [0.05, 0.1) is 16.3 Å². The number of nitrogens with one attached hydrogen (secondary N) is 1. The smallest absolute Gasteiger partial charge is 0.265 e. The van der Waals surface area contributed by atoms with Crippen molar-refractivity contribution in [1.29, 1.82) is 0 Å². The number of halogens is 1. The number of amides is 1. The first-order valence-corrected chi connectivity index (χ1v) is 11.4. The van der Waals surface area contributed by atoms with Crippen LogP contribution < -0.4 is 14.4 Å². The number of hydrogen-bond donors (Lipinski definition) is 1. The summed E-state index contributed by atoms with van der Waals surface area (Å²) in [5.74, 6) is 0.529. The SMILES string of the molecule is CCN1C(=O)COc2ccc(-c3csc(NS(=O)(=O)c4ccc(Cl)cc4)n3)cc21. The number of ether oxygens (including phenoxy) is 1. The molecular weight excluding hydrogens is 434 g/mol. The number of fused-ring (bicyclic) bond motifs is 1. The number of benzene rings is 2. The van der Waals surface area contributed by atoms with Crippen molar-refractivity contribution in [3.05, 3.63) is 52.9 Å². The number of nitrogens with zero attached hydrogens (tertiary/aromatic N) is 2. The zero-order valence-corrected chi connectivity index (χ0v) is 17.6. The van der Waals surface area contributed by atoms with Gasteiger partial charge in [0.2, 0.25) is 0 Å². The van der Waals surface area contributed by atoms with Crippen LogP contribution in [0.25, 0.3) is 11.3 Å². The molecule has 1 N–H and O–H groups in total. The minimum absolute atomic E-state index is 0.0213. The Balaban J connectivity index is 1.60. The normalized spacial score (nSPS) is 13.7. The average molecular weight is 450 g/mol. The topological polar surface area (TPSA) is 88.6 Å². The number of thiazole rings is 1. The van der Waals surface area contributed by atoms with Crippen LogP contribution in [-0.2, 0) is 14.8 Å². The van der Waals surface area contributed by atoms with Crippen LogP contribution in [0.3, 0.4) is 0 Å². The molecule has 0 aliphatic carbocycles. The fraction of sp³-hybridized carbons (Fsp3) is 0.158. The van der Waals surface area contributed by atoms with E-state index < -0.39 is 10.0 Å². The van der Waals surface area contributed by atoms with Crippen LogP contribution >= 0.6 is 22.9 Å². The number of sulfonamides is 1. The zero-order valence-electron chi connectivity index (χ0n) is 15.3. The molecule has 1 aromatic heterocycles. The van der Waals surface area contributed by atoms with Gasteiger partial charge in [-0.15, -0.1) is 11.3 Å². The number of hydrogen-bond acceptors (Lipinski definition) is 6. The van der Waals surface area contributed by atoms with Crippen molar-refractivity contribution in [3.8, 4) is 17.0 Å². The summed E-state index contributed by atoms with van der Waals surface area (Å²) in [7, 11) is -3.77. The molecule has 29 heavy (non-hydrogen) atoms. The second kappa shape index (κ2) is 7.66. The van der Waals surface area contributed by atoms with Gasteiger partial charge in [-0.05, 0) is 49.4 Å². The second-order valence-corrected chi connectivity index (χ2v) is 9.18.